The zero-order chi connectivity index (χ0) is 18.7. The fourth-order valence-electron chi connectivity index (χ4n) is 4.27. The van der Waals surface area contributed by atoms with Gasteiger partial charge in [-0.2, -0.15) is 5.10 Å². The molecule has 0 aliphatic carbocycles. The van der Waals surface area contributed by atoms with Gasteiger partial charge in [-0.15, -0.1) is 0 Å². The minimum atomic E-state index is -0.533. The van der Waals surface area contributed by atoms with E-state index in [1.165, 1.54) is 6.20 Å². The Labute approximate surface area is 157 Å². The summed E-state index contributed by atoms with van der Waals surface area (Å²) in [5.41, 5.74) is 0.955. The monoisotopic (exact) mass is 368 g/mol. The van der Waals surface area contributed by atoms with Crippen molar-refractivity contribution < 1.29 is 9.59 Å². The van der Waals surface area contributed by atoms with Crippen LogP contribution in [-0.2, 0) is 11.3 Å². The average molecular weight is 368 g/mol. The smallest absolute Gasteiger partial charge is 0.254 e. The Balaban J connectivity index is 1.44. The number of aromatic nitrogens is 3. The molecular formula is C19H24N6O2. The van der Waals surface area contributed by atoms with Crippen LogP contribution in [0.4, 0.5) is 0 Å². The normalized spacial score (nSPS) is 25.0. The number of carbonyl (C=O) groups excluding carboxylic acids is 2. The van der Waals surface area contributed by atoms with E-state index in [0.29, 0.717) is 25.1 Å². The molecule has 0 aromatic carbocycles. The van der Waals surface area contributed by atoms with E-state index in [9.17, 15) is 9.59 Å². The fourth-order valence-corrected chi connectivity index (χ4v) is 4.27. The van der Waals surface area contributed by atoms with Crippen LogP contribution >= 0.6 is 0 Å². The molecule has 27 heavy (non-hydrogen) atoms. The summed E-state index contributed by atoms with van der Waals surface area (Å²) in [7, 11) is 0. The number of hydrogen-bond donors (Lipinski definition) is 3. The Morgan fingerprint density at radius 1 is 1.33 bits per heavy atom. The number of nitrogens with one attached hydrogen (secondary N) is 3. The van der Waals surface area contributed by atoms with E-state index in [2.05, 4.69) is 30.7 Å². The van der Waals surface area contributed by atoms with Gasteiger partial charge in [0, 0.05) is 37.7 Å². The molecule has 0 saturated carbocycles. The fraction of sp³-hybridized carbons (Fsp3) is 0.474. The number of H-pyrrole nitrogens is 1. The molecule has 2 atom stereocenters. The SMILES string of the molecule is O=C(N[C@@H]1CN2CCCC[C@@]2(C(=O)NCc2cccnc2)C1)c1cn[nH]c1. The summed E-state index contributed by atoms with van der Waals surface area (Å²) in [5.74, 6) is -0.106. The summed E-state index contributed by atoms with van der Waals surface area (Å²) in [5, 5.41) is 12.6. The molecule has 4 rings (SSSR count). The van der Waals surface area contributed by atoms with Crippen molar-refractivity contribution in [2.75, 3.05) is 13.1 Å². The Morgan fingerprint density at radius 3 is 3.04 bits per heavy atom. The molecule has 8 nitrogen and oxygen atoms in total. The van der Waals surface area contributed by atoms with E-state index in [-0.39, 0.29) is 17.9 Å². The van der Waals surface area contributed by atoms with Gasteiger partial charge in [0.1, 0.15) is 5.54 Å². The van der Waals surface area contributed by atoms with E-state index in [1.807, 2.05) is 12.1 Å². The van der Waals surface area contributed by atoms with E-state index in [0.717, 1.165) is 31.4 Å². The topological polar surface area (TPSA) is 103 Å². The number of hydrogen-bond acceptors (Lipinski definition) is 5. The first kappa shape index (κ1) is 17.7. The molecule has 8 heteroatoms. The van der Waals surface area contributed by atoms with Gasteiger partial charge in [-0.25, -0.2) is 0 Å². The van der Waals surface area contributed by atoms with Gasteiger partial charge >= 0.3 is 0 Å². The van der Waals surface area contributed by atoms with Gasteiger partial charge in [0.2, 0.25) is 5.91 Å². The Kier molecular flexibility index (Phi) is 4.89. The van der Waals surface area contributed by atoms with Gasteiger partial charge in [-0.1, -0.05) is 6.07 Å². The van der Waals surface area contributed by atoms with Crippen molar-refractivity contribution in [3.8, 4) is 0 Å². The highest BCUT2D eigenvalue weighted by Gasteiger charge is 2.52. The second-order valence-electron chi connectivity index (χ2n) is 7.34. The maximum atomic E-state index is 13.1. The summed E-state index contributed by atoms with van der Waals surface area (Å²) >= 11 is 0. The molecule has 142 valence electrons. The minimum Gasteiger partial charge on any atom is -0.350 e. The van der Waals surface area contributed by atoms with Crippen LogP contribution in [0.3, 0.4) is 0 Å². The number of pyridine rings is 1. The first-order chi connectivity index (χ1) is 13.2. The molecule has 2 amide bonds. The molecule has 4 heterocycles. The number of nitrogens with zero attached hydrogens (tertiary/aromatic N) is 3. The van der Waals surface area contributed by atoms with Crippen molar-refractivity contribution in [2.24, 2.45) is 0 Å². The molecule has 0 spiro atoms. The van der Waals surface area contributed by atoms with E-state index in [1.54, 1.807) is 18.6 Å². The van der Waals surface area contributed by atoms with Crippen LogP contribution in [0.2, 0.25) is 0 Å². The minimum absolute atomic E-state index is 0.0466. The standard InChI is InChI=1S/C19H24N6O2/c26-17(15-11-22-23-12-15)24-16-8-19(5-1-2-7-25(19)13-16)18(27)21-10-14-4-3-6-20-9-14/h3-4,6,9,11-12,16H,1-2,5,7-8,10,13H2,(H,21,27)(H,22,23)(H,24,26)/t16-,19-/m0/s1. The second-order valence-corrected chi connectivity index (χ2v) is 7.34. The first-order valence-corrected chi connectivity index (χ1v) is 9.39. The van der Waals surface area contributed by atoms with Gasteiger partial charge in [-0.05, 0) is 43.9 Å². The zero-order valence-corrected chi connectivity index (χ0v) is 15.1. The third kappa shape index (κ3) is 3.57. The maximum absolute atomic E-state index is 13.1. The van der Waals surface area contributed by atoms with Gasteiger partial charge in [0.25, 0.3) is 5.91 Å². The maximum Gasteiger partial charge on any atom is 0.254 e. The third-order valence-corrected chi connectivity index (χ3v) is 5.59. The van der Waals surface area contributed by atoms with Crippen molar-refractivity contribution >= 4 is 11.8 Å². The predicted octanol–water partition coefficient (Wildman–Crippen LogP) is 0.848. The van der Waals surface area contributed by atoms with Crippen molar-refractivity contribution in [1.82, 2.24) is 30.7 Å². The van der Waals surface area contributed by atoms with Gasteiger partial charge in [0.05, 0.1) is 11.8 Å². The lowest BCUT2D eigenvalue weighted by molar-refractivity contribution is -0.134. The molecule has 0 radical (unpaired) electrons. The molecule has 2 aromatic heterocycles. The zero-order valence-electron chi connectivity index (χ0n) is 15.1. The molecule has 3 N–H and O–H groups in total. The Morgan fingerprint density at radius 2 is 2.26 bits per heavy atom. The largest absolute Gasteiger partial charge is 0.350 e. The number of carbonyl (C=O) groups is 2. The van der Waals surface area contributed by atoms with Gasteiger partial charge < -0.3 is 10.6 Å². The molecule has 2 saturated heterocycles. The molecular weight excluding hydrogens is 344 g/mol. The van der Waals surface area contributed by atoms with E-state index >= 15 is 0 Å². The Bertz CT molecular complexity index is 794. The van der Waals surface area contributed by atoms with Crippen molar-refractivity contribution in [3.05, 3.63) is 48.0 Å². The third-order valence-electron chi connectivity index (χ3n) is 5.59. The summed E-state index contributed by atoms with van der Waals surface area (Å²) in [6.45, 7) is 2.05. The van der Waals surface area contributed by atoms with Crippen LogP contribution in [0.5, 0.6) is 0 Å². The number of rotatable bonds is 5. The van der Waals surface area contributed by atoms with Gasteiger partial charge in [-0.3, -0.25) is 24.6 Å². The Hall–Kier alpha value is -2.74. The van der Waals surface area contributed by atoms with Crippen molar-refractivity contribution in [2.45, 2.75) is 43.8 Å². The molecule has 2 aromatic rings. The first-order valence-electron chi connectivity index (χ1n) is 9.39. The summed E-state index contributed by atoms with van der Waals surface area (Å²) in [4.78, 5) is 31.8. The van der Waals surface area contributed by atoms with Crippen LogP contribution in [-0.4, -0.2) is 56.6 Å². The molecule has 0 bridgehead atoms. The number of amides is 2. The lowest BCUT2D eigenvalue weighted by Crippen LogP contribution is -2.57. The van der Waals surface area contributed by atoms with Crippen molar-refractivity contribution in [1.29, 1.82) is 0 Å². The lowest BCUT2D eigenvalue weighted by atomic mass is 9.84. The summed E-state index contributed by atoms with van der Waals surface area (Å²) in [6.07, 6.45) is 10.1. The van der Waals surface area contributed by atoms with Crippen LogP contribution in [0.15, 0.2) is 36.9 Å². The average Bonchev–Trinajstić information content (AvgIpc) is 3.35. The van der Waals surface area contributed by atoms with Crippen LogP contribution in [0.1, 0.15) is 41.6 Å². The highest BCUT2D eigenvalue weighted by molar-refractivity contribution is 5.94. The van der Waals surface area contributed by atoms with Crippen LogP contribution in [0.25, 0.3) is 0 Å². The number of aromatic amines is 1. The molecule has 2 fully saturated rings. The van der Waals surface area contributed by atoms with E-state index in [4.69, 9.17) is 0 Å². The summed E-state index contributed by atoms with van der Waals surface area (Å²) in [6, 6.07) is 3.77. The number of piperidine rings is 1. The molecule has 2 aliphatic heterocycles. The number of fused-ring (bicyclic) bond motifs is 1. The van der Waals surface area contributed by atoms with Gasteiger partial charge in [0.15, 0.2) is 0 Å². The highest BCUT2D eigenvalue weighted by Crippen LogP contribution is 2.38. The van der Waals surface area contributed by atoms with Crippen LogP contribution in [0, 0.1) is 0 Å². The van der Waals surface area contributed by atoms with Crippen molar-refractivity contribution in [3.63, 3.8) is 0 Å². The lowest BCUT2D eigenvalue weighted by Gasteiger charge is -2.40. The molecule has 2 aliphatic rings. The second kappa shape index (κ2) is 7.48. The summed E-state index contributed by atoms with van der Waals surface area (Å²) < 4.78 is 0. The van der Waals surface area contributed by atoms with Crippen LogP contribution < -0.4 is 10.6 Å². The molecule has 0 unspecified atom stereocenters. The quantitative estimate of drug-likeness (QED) is 0.726. The highest BCUT2D eigenvalue weighted by atomic mass is 16.2. The predicted molar refractivity (Wildman–Crippen MR) is 98.7 cm³/mol. The van der Waals surface area contributed by atoms with E-state index < -0.39 is 5.54 Å².